The lowest BCUT2D eigenvalue weighted by molar-refractivity contribution is -0.385. The second kappa shape index (κ2) is 6.45. The van der Waals surface area contributed by atoms with Gasteiger partial charge in [-0.15, -0.1) is 0 Å². The largest absolute Gasteiger partial charge is 0.419 e. The molecule has 2 N–H and O–H groups in total. The summed E-state index contributed by atoms with van der Waals surface area (Å²) in [5, 5.41) is 10.7. The summed E-state index contributed by atoms with van der Waals surface area (Å²) in [6, 6.07) is 4.82. The average molecular weight is 252 g/mol. The number of esters is 1. The molecule has 1 rings (SSSR count). The Balaban J connectivity index is 2.64. The summed E-state index contributed by atoms with van der Waals surface area (Å²) in [6.45, 7) is 0. The van der Waals surface area contributed by atoms with Gasteiger partial charge >= 0.3 is 11.7 Å². The molecule has 0 radical (unpaired) electrons. The third-order valence-electron chi connectivity index (χ3n) is 2.14. The number of hydrogen-bond acceptors (Lipinski definition) is 6. The van der Waals surface area contributed by atoms with Crippen LogP contribution in [0.25, 0.3) is 0 Å². The lowest BCUT2D eigenvalue weighted by Crippen LogP contribution is -2.23. The summed E-state index contributed by atoms with van der Waals surface area (Å²) in [7, 11) is 0. The quantitative estimate of drug-likeness (QED) is 0.263. The number of ether oxygens (including phenoxy) is 1. The lowest BCUT2D eigenvalue weighted by atomic mass is 10.2. The van der Waals surface area contributed by atoms with Gasteiger partial charge in [0.05, 0.1) is 11.0 Å². The van der Waals surface area contributed by atoms with E-state index in [9.17, 15) is 19.7 Å². The van der Waals surface area contributed by atoms with Crippen LogP contribution in [0.3, 0.4) is 0 Å². The van der Waals surface area contributed by atoms with Crippen LogP contribution in [0, 0.1) is 10.1 Å². The molecule has 0 saturated carbocycles. The monoisotopic (exact) mass is 252 g/mol. The fourth-order valence-corrected chi connectivity index (χ4v) is 1.22. The van der Waals surface area contributed by atoms with Gasteiger partial charge < -0.3 is 15.3 Å². The molecule has 0 aliphatic rings. The van der Waals surface area contributed by atoms with Crippen molar-refractivity contribution in [3.63, 3.8) is 0 Å². The Labute approximate surface area is 103 Å². The van der Waals surface area contributed by atoms with Gasteiger partial charge in [0, 0.05) is 12.5 Å². The maximum Gasteiger partial charge on any atom is 0.311 e. The van der Waals surface area contributed by atoms with Crippen LogP contribution in [-0.4, -0.2) is 23.2 Å². The van der Waals surface area contributed by atoms with Crippen molar-refractivity contribution in [3.8, 4) is 5.75 Å². The summed E-state index contributed by atoms with van der Waals surface area (Å²) in [5.74, 6) is -0.784. The number of rotatable bonds is 6. The standard InChI is InChI=1S/C11H12N2O5/c12-8(7-14)5-6-11(15)18-10-4-2-1-3-9(10)13(16)17/h1-4,7-8H,5-6,12H2/t8-/m0/s1. The Morgan fingerprint density at radius 1 is 1.50 bits per heavy atom. The molecule has 0 saturated heterocycles. The van der Waals surface area contributed by atoms with Crippen molar-refractivity contribution in [3.05, 3.63) is 34.4 Å². The maximum absolute atomic E-state index is 11.4. The molecule has 96 valence electrons. The van der Waals surface area contributed by atoms with Crippen LogP contribution in [0.1, 0.15) is 12.8 Å². The number of aldehydes is 1. The Kier molecular flexibility index (Phi) is 4.94. The maximum atomic E-state index is 11.4. The van der Waals surface area contributed by atoms with Crippen LogP contribution in [-0.2, 0) is 9.59 Å². The van der Waals surface area contributed by atoms with Crippen LogP contribution < -0.4 is 10.5 Å². The van der Waals surface area contributed by atoms with Crippen molar-refractivity contribution in [1.82, 2.24) is 0 Å². The number of nitro benzene ring substituents is 1. The highest BCUT2D eigenvalue weighted by Crippen LogP contribution is 2.26. The normalized spacial score (nSPS) is 11.6. The number of carbonyl (C=O) groups is 2. The zero-order valence-corrected chi connectivity index (χ0v) is 9.44. The van der Waals surface area contributed by atoms with Gasteiger partial charge in [0.1, 0.15) is 6.29 Å². The summed E-state index contributed by atoms with van der Waals surface area (Å²) in [6.07, 6.45) is 0.590. The van der Waals surface area contributed by atoms with Gasteiger partial charge in [0.25, 0.3) is 0 Å². The fourth-order valence-electron chi connectivity index (χ4n) is 1.22. The first-order valence-corrected chi connectivity index (χ1v) is 5.19. The third kappa shape index (κ3) is 3.95. The Morgan fingerprint density at radius 3 is 2.78 bits per heavy atom. The van der Waals surface area contributed by atoms with Crippen LogP contribution in [0.5, 0.6) is 5.75 Å². The number of nitro groups is 1. The number of nitrogens with zero attached hydrogens (tertiary/aromatic N) is 1. The minimum absolute atomic E-state index is 0.0774. The molecular formula is C11H12N2O5. The Hall–Kier alpha value is -2.28. The molecule has 1 aromatic rings. The molecule has 0 heterocycles. The van der Waals surface area contributed by atoms with Crippen molar-refractivity contribution in [2.45, 2.75) is 18.9 Å². The lowest BCUT2D eigenvalue weighted by Gasteiger charge is -2.05. The van der Waals surface area contributed by atoms with Crippen LogP contribution in [0.4, 0.5) is 5.69 Å². The van der Waals surface area contributed by atoms with E-state index >= 15 is 0 Å². The van der Waals surface area contributed by atoms with Crippen molar-refractivity contribution in [1.29, 1.82) is 0 Å². The van der Waals surface area contributed by atoms with E-state index < -0.39 is 16.9 Å². The Bertz CT molecular complexity index is 461. The summed E-state index contributed by atoms with van der Waals surface area (Å²) in [5.41, 5.74) is 5.02. The third-order valence-corrected chi connectivity index (χ3v) is 2.14. The van der Waals surface area contributed by atoms with Gasteiger partial charge in [-0.05, 0) is 12.5 Å². The fraction of sp³-hybridized carbons (Fsp3) is 0.273. The number of nitrogens with two attached hydrogens (primary N) is 1. The van der Waals surface area contributed by atoms with Crippen LogP contribution in [0.2, 0.25) is 0 Å². The number of para-hydroxylation sites is 2. The molecule has 1 atom stereocenters. The van der Waals surface area contributed by atoms with Gasteiger partial charge in [0.2, 0.25) is 5.75 Å². The predicted octanol–water partition coefficient (Wildman–Crippen LogP) is 0.807. The first kappa shape index (κ1) is 13.8. The van der Waals surface area contributed by atoms with Gasteiger partial charge in [-0.2, -0.15) is 0 Å². The van der Waals surface area contributed by atoms with Crippen molar-refractivity contribution < 1.29 is 19.2 Å². The summed E-state index contributed by atoms with van der Waals surface area (Å²) < 4.78 is 4.85. The van der Waals surface area contributed by atoms with E-state index in [4.69, 9.17) is 10.5 Å². The highest BCUT2D eigenvalue weighted by atomic mass is 16.6. The molecule has 0 unspecified atom stereocenters. The van der Waals surface area contributed by atoms with E-state index in [-0.39, 0.29) is 24.3 Å². The van der Waals surface area contributed by atoms with Gasteiger partial charge in [-0.1, -0.05) is 12.1 Å². The van der Waals surface area contributed by atoms with E-state index in [0.29, 0.717) is 6.29 Å². The second-order valence-corrected chi connectivity index (χ2v) is 3.54. The van der Waals surface area contributed by atoms with E-state index in [0.717, 1.165) is 0 Å². The molecule has 0 spiro atoms. The molecule has 0 aromatic heterocycles. The Morgan fingerprint density at radius 2 is 2.17 bits per heavy atom. The minimum Gasteiger partial charge on any atom is -0.419 e. The summed E-state index contributed by atoms with van der Waals surface area (Å²) >= 11 is 0. The first-order valence-electron chi connectivity index (χ1n) is 5.19. The predicted molar refractivity (Wildman–Crippen MR) is 62.0 cm³/mol. The van der Waals surface area contributed by atoms with E-state index in [1.165, 1.54) is 24.3 Å². The van der Waals surface area contributed by atoms with Crippen LogP contribution >= 0.6 is 0 Å². The molecule has 0 aliphatic heterocycles. The number of hydrogen-bond donors (Lipinski definition) is 1. The highest BCUT2D eigenvalue weighted by molar-refractivity contribution is 5.74. The highest BCUT2D eigenvalue weighted by Gasteiger charge is 2.17. The van der Waals surface area contributed by atoms with Crippen molar-refractivity contribution in [2.75, 3.05) is 0 Å². The molecule has 0 bridgehead atoms. The smallest absolute Gasteiger partial charge is 0.311 e. The molecule has 0 aliphatic carbocycles. The zero-order valence-electron chi connectivity index (χ0n) is 9.44. The van der Waals surface area contributed by atoms with E-state index in [1.54, 1.807) is 0 Å². The average Bonchev–Trinajstić information content (AvgIpc) is 2.36. The molecule has 18 heavy (non-hydrogen) atoms. The minimum atomic E-state index is -0.733. The van der Waals surface area contributed by atoms with E-state index in [2.05, 4.69) is 0 Å². The zero-order chi connectivity index (χ0) is 13.5. The SMILES string of the molecule is N[C@H](C=O)CCC(=O)Oc1ccccc1[N+](=O)[O-]. The van der Waals surface area contributed by atoms with Gasteiger partial charge in [0.15, 0.2) is 0 Å². The molecule has 0 fully saturated rings. The van der Waals surface area contributed by atoms with Crippen molar-refractivity contribution >= 4 is 17.9 Å². The number of carbonyl (C=O) groups excluding carboxylic acids is 2. The van der Waals surface area contributed by atoms with Crippen molar-refractivity contribution in [2.24, 2.45) is 5.73 Å². The van der Waals surface area contributed by atoms with Gasteiger partial charge in [-0.25, -0.2) is 0 Å². The molecule has 7 nitrogen and oxygen atoms in total. The topological polar surface area (TPSA) is 113 Å². The first-order chi connectivity index (χ1) is 8.54. The van der Waals surface area contributed by atoms with Crippen LogP contribution in [0.15, 0.2) is 24.3 Å². The molecular weight excluding hydrogens is 240 g/mol. The second-order valence-electron chi connectivity index (χ2n) is 3.54. The van der Waals surface area contributed by atoms with E-state index in [1.807, 2.05) is 0 Å². The molecule has 0 amide bonds. The van der Waals surface area contributed by atoms with Gasteiger partial charge in [-0.3, -0.25) is 14.9 Å². The molecule has 1 aromatic carbocycles. The molecule has 7 heteroatoms. The summed E-state index contributed by atoms with van der Waals surface area (Å²) in [4.78, 5) is 31.7. The number of benzene rings is 1.